The number of rotatable bonds is 77. The van der Waals surface area contributed by atoms with E-state index in [1.165, 1.54) is 218 Å². The number of hydrogen-bond acceptors (Lipinski definition) is 15. The molecule has 0 amide bonds. The standard InChI is InChI=1S/C78H152O17P2/c1-7-11-13-15-17-19-21-23-25-27-28-29-30-31-33-35-37-39-41-50-56-62-77(82)94-73(66-88-75(80)60-54-48-40-38-36-34-32-26-24-22-20-18-16-14-12-8-2)68-92-96(84,85)90-64-72(79)65-91-97(86,87)93-69-74(95-78(83)63-57-51-45-43-47-53-59-71(6)10-4)67-89-76(81)61-55-49-44-42-46-52-58-70(5)9-3/h70-74,79H,7-69H2,1-6H3,(H,84,85)(H,86,87)/t70?,71?,72-,73-,74-/m1/s1. The number of esters is 4. The highest BCUT2D eigenvalue weighted by Crippen LogP contribution is 2.45. The van der Waals surface area contributed by atoms with Gasteiger partial charge in [-0.25, -0.2) is 9.13 Å². The van der Waals surface area contributed by atoms with E-state index < -0.39 is 97.5 Å². The van der Waals surface area contributed by atoms with Crippen molar-refractivity contribution in [1.82, 2.24) is 0 Å². The van der Waals surface area contributed by atoms with E-state index in [2.05, 4.69) is 41.5 Å². The molecule has 17 nitrogen and oxygen atoms in total. The third kappa shape index (κ3) is 69.5. The van der Waals surface area contributed by atoms with E-state index in [4.69, 9.17) is 37.0 Å². The minimum atomic E-state index is -4.96. The van der Waals surface area contributed by atoms with Gasteiger partial charge in [-0.05, 0) is 37.5 Å². The van der Waals surface area contributed by atoms with E-state index in [1.807, 2.05) is 0 Å². The molecular weight excluding hydrogens is 1270 g/mol. The third-order valence-corrected chi connectivity index (χ3v) is 20.8. The van der Waals surface area contributed by atoms with Crippen LogP contribution in [0, 0.1) is 11.8 Å². The summed E-state index contributed by atoms with van der Waals surface area (Å²) in [5.41, 5.74) is 0. The Hall–Kier alpha value is -1.94. The van der Waals surface area contributed by atoms with Crippen molar-refractivity contribution in [2.75, 3.05) is 39.6 Å². The van der Waals surface area contributed by atoms with Crippen LogP contribution in [0.4, 0.5) is 0 Å². The van der Waals surface area contributed by atoms with Gasteiger partial charge in [-0.3, -0.25) is 37.3 Å². The Morgan fingerprint density at radius 1 is 0.289 bits per heavy atom. The molecule has 0 heterocycles. The molecule has 0 aliphatic rings. The fourth-order valence-corrected chi connectivity index (χ4v) is 13.5. The van der Waals surface area contributed by atoms with E-state index in [-0.39, 0.29) is 25.7 Å². The average Bonchev–Trinajstić information content (AvgIpc) is 2.41. The molecule has 576 valence electrons. The maximum absolute atomic E-state index is 13.1. The third-order valence-electron chi connectivity index (χ3n) is 18.9. The Morgan fingerprint density at radius 2 is 0.495 bits per heavy atom. The zero-order valence-corrected chi connectivity index (χ0v) is 65.2. The second-order valence-corrected chi connectivity index (χ2v) is 31.5. The largest absolute Gasteiger partial charge is 0.472 e. The Kier molecular flexibility index (Phi) is 68.4. The highest BCUT2D eigenvalue weighted by molar-refractivity contribution is 7.47. The van der Waals surface area contributed by atoms with Gasteiger partial charge in [0.1, 0.15) is 19.3 Å². The summed E-state index contributed by atoms with van der Waals surface area (Å²) in [7, 11) is -9.91. The zero-order chi connectivity index (χ0) is 71.4. The molecule has 7 atom stereocenters. The van der Waals surface area contributed by atoms with Gasteiger partial charge in [-0.2, -0.15) is 0 Å². The molecule has 97 heavy (non-hydrogen) atoms. The summed E-state index contributed by atoms with van der Waals surface area (Å²) in [6, 6.07) is 0. The van der Waals surface area contributed by atoms with Gasteiger partial charge in [-0.15, -0.1) is 0 Å². The summed E-state index contributed by atoms with van der Waals surface area (Å²) in [6.07, 6.45) is 58.5. The molecule has 0 aromatic carbocycles. The van der Waals surface area contributed by atoms with Crippen LogP contribution in [0.5, 0.6) is 0 Å². The molecule has 0 aliphatic carbocycles. The summed E-state index contributed by atoms with van der Waals surface area (Å²) in [6.45, 7) is 9.51. The number of carbonyl (C=O) groups is 4. The Labute approximate surface area is 594 Å². The summed E-state index contributed by atoms with van der Waals surface area (Å²) >= 11 is 0. The first kappa shape index (κ1) is 95.1. The van der Waals surface area contributed by atoms with Crippen LogP contribution >= 0.6 is 15.6 Å². The maximum Gasteiger partial charge on any atom is 0.472 e. The number of phosphoric ester groups is 2. The molecule has 3 N–H and O–H groups in total. The van der Waals surface area contributed by atoms with Crippen LogP contribution in [-0.2, 0) is 65.4 Å². The van der Waals surface area contributed by atoms with E-state index in [9.17, 15) is 43.2 Å². The van der Waals surface area contributed by atoms with Gasteiger partial charge in [0.05, 0.1) is 26.4 Å². The average molecular weight is 1420 g/mol. The van der Waals surface area contributed by atoms with E-state index in [0.717, 1.165) is 108 Å². The molecule has 0 saturated carbocycles. The highest BCUT2D eigenvalue weighted by Gasteiger charge is 2.30. The van der Waals surface area contributed by atoms with Gasteiger partial charge in [-0.1, -0.05) is 356 Å². The molecule has 19 heteroatoms. The van der Waals surface area contributed by atoms with Crippen molar-refractivity contribution >= 4 is 39.5 Å². The van der Waals surface area contributed by atoms with Crippen LogP contribution in [0.3, 0.4) is 0 Å². The van der Waals surface area contributed by atoms with Gasteiger partial charge in [0.15, 0.2) is 12.2 Å². The Morgan fingerprint density at radius 3 is 0.732 bits per heavy atom. The summed E-state index contributed by atoms with van der Waals surface area (Å²) in [5, 5.41) is 10.6. The van der Waals surface area contributed by atoms with Crippen molar-refractivity contribution in [2.24, 2.45) is 11.8 Å². The van der Waals surface area contributed by atoms with Crippen molar-refractivity contribution < 1.29 is 80.2 Å². The van der Waals surface area contributed by atoms with Crippen molar-refractivity contribution in [3.05, 3.63) is 0 Å². The second kappa shape index (κ2) is 69.8. The first-order valence-electron chi connectivity index (χ1n) is 40.6. The summed E-state index contributed by atoms with van der Waals surface area (Å²) < 4.78 is 68.5. The first-order valence-corrected chi connectivity index (χ1v) is 43.6. The fraction of sp³-hybridized carbons (Fsp3) is 0.949. The Balaban J connectivity index is 5.20. The minimum absolute atomic E-state index is 0.102. The highest BCUT2D eigenvalue weighted by atomic mass is 31.2. The minimum Gasteiger partial charge on any atom is -0.462 e. The lowest BCUT2D eigenvalue weighted by atomic mass is 10.00. The number of aliphatic hydroxyl groups is 1. The molecule has 0 aromatic heterocycles. The van der Waals surface area contributed by atoms with Gasteiger partial charge >= 0.3 is 39.5 Å². The van der Waals surface area contributed by atoms with Crippen molar-refractivity contribution in [2.45, 2.75) is 426 Å². The van der Waals surface area contributed by atoms with Crippen LogP contribution in [0.1, 0.15) is 408 Å². The van der Waals surface area contributed by atoms with Crippen LogP contribution in [0.25, 0.3) is 0 Å². The monoisotopic (exact) mass is 1420 g/mol. The predicted molar refractivity (Wildman–Crippen MR) is 395 cm³/mol. The predicted octanol–water partition coefficient (Wildman–Crippen LogP) is 23.1. The lowest BCUT2D eigenvalue weighted by Crippen LogP contribution is -2.30. The molecule has 0 saturated heterocycles. The van der Waals surface area contributed by atoms with Crippen molar-refractivity contribution in [3.8, 4) is 0 Å². The quantitative estimate of drug-likeness (QED) is 0.0222. The van der Waals surface area contributed by atoms with Gasteiger partial charge in [0.2, 0.25) is 0 Å². The molecule has 0 radical (unpaired) electrons. The van der Waals surface area contributed by atoms with Crippen molar-refractivity contribution in [3.63, 3.8) is 0 Å². The number of hydrogen-bond donors (Lipinski definition) is 3. The number of ether oxygens (including phenoxy) is 4. The van der Waals surface area contributed by atoms with Crippen LogP contribution < -0.4 is 0 Å². The topological polar surface area (TPSA) is 237 Å². The number of phosphoric acid groups is 2. The number of unbranched alkanes of at least 4 members (excludes halogenated alkanes) is 45. The zero-order valence-electron chi connectivity index (χ0n) is 63.4. The van der Waals surface area contributed by atoms with Crippen LogP contribution in [0.15, 0.2) is 0 Å². The molecule has 0 aromatic rings. The summed E-state index contributed by atoms with van der Waals surface area (Å²) in [5.74, 6) is -0.667. The normalized spacial score (nSPS) is 14.5. The molecule has 0 bridgehead atoms. The molecule has 0 aliphatic heterocycles. The number of aliphatic hydroxyl groups excluding tert-OH is 1. The van der Waals surface area contributed by atoms with E-state index >= 15 is 0 Å². The lowest BCUT2D eigenvalue weighted by molar-refractivity contribution is -0.161. The van der Waals surface area contributed by atoms with E-state index in [1.54, 1.807) is 0 Å². The molecule has 0 rings (SSSR count). The summed E-state index contributed by atoms with van der Waals surface area (Å²) in [4.78, 5) is 72.8. The van der Waals surface area contributed by atoms with Gasteiger partial charge < -0.3 is 33.8 Å². The smallest absolute Gasteiger partial charge is 0.462 e. The van der Waals surface area contributed by atoms with E-state index in [0.29, 0.717) is 25.7 Å². The maximum atomic E-state index is 13.1. The van der Waals surface area contributed by atoms with Crippen molar-refractivity contribution in [1.29, 1.82) is 0 Å². The van der Waals surface area contributed by atoms with Crippen LogP contribution in [-0.4, -0.2) is 96.7 Å². The first-order chi connectivity index (χ1) is 46.9. The fourth-order valence-electron chi connectivity index (χ4n) is 11.9. The molecule has 0 fully saturated rings. The molecule has 0 spiro atoms. The second-order valence-electron chi connectivity index (χ2n) is 28.6. The number of carbonyl (C=O) groups excluding carboxylic acids is 4. The molecule has 4 unspecified atom stereocenters. The SMILES string of the molecule is CCCCCCCCCCCCCCCCCCCCCCCC(=O)O[C@H](COC(=O)CCCCCCCCCCCCCCCCCC)COP(=O)(O)OC[C@@H](O)COP(=O)(O)OC[C@@H](COC(=O)CCCCCCCCC(C)CC)OC(=O)CCCCCCCCC(C)CC. The van der Waals surface area contributed by atoms with Gasteiger partial charge in [0, 0.05) is 25.7 Å². The van der Waals surface area contributed by atoms with Gasteiger partial charge in [0.25, 0.3) is 0 Å². The lowest BCUT2D eigenvalue weighted by Gasteiger charge is -2.21. The van der Waals surface area contributed by atoms with Crippen LogP contribution in [0.2, 0.25) is 0 Å². The Bertz CT molecular complexity index is 1880. The molecular formula is C78H152O17P2.